The summed E-state index contributed by atoms with van der Waals surface area (Å²) in [6.45, 7) is 3.92. The molecule has 0 aromatic carbocycles. The van der Waals surface area contributed by atoms with E-state index in [0.717, 1.165) is 36.7 Å². The number of carbonyl (C=O) groups excluding carboxylic acids is 2. The fraction of sp³-hybridized carbons (Fsp3) is 0.160. The Labute approximate surface area is 205 Å². The molecule has 0 bridgehead atoms. The summed E-state index contributed by atoms with van der Waals surface area (Å²) in [5.74, 6) is 0.616. The summed E-state index contributed by atoms with van der Waals surface area (Å²) in [6, 6.07) is 14.5. The van der Waals surface area contributed by atoms with E-state index >= 15 is 0 Å². The predicted octanol–water partition coefficient (Wildman–Crippen LogP) is 3.84. The lowest BCUT2D eigenvalue weighted by atomic mass is 10.1. The maximum Gasteiger partial charge on any atom is 0.298 e. The fourth-order valence-electron chi connectivity index (χ4n) is 3.73. The summed E-state index contributed by atoms with van der Waals surface area (Å²) < 4.78 is 15.5. The summed E-state index contributed by atoms with van der Waals surface area (Å²) in [6.07, 6.45) is 3.23. The highest BCUT2D eigenvalue weighted by Crippen LogP contribution is 2.36. The molecule has 0 N–H and O–H groups in total. The third kappa shape index (κ3) is 5.18. The van der Waals surface area contributed by atoms with Crippen LogP contribution in [-0.4, -0.2) is 54.2 Å². The molecule has 5 rings (SSSR count). The fourth-order valence-corrected chi connectivity index (χ4v) is 4.79. The molecule has 1 fully saturated rings. The molecule has 9 nitrogen and oxygen atoms in total. The molecule has 4 aromatic heterocycles. The van der Waals surface area contributed by atoms with Gasteiger partial charge < -0.3 is 19.1 Å². The Morgan fingerprint density at radius 1 is 0.800 bits per heavy atom. The van der Waals surface area contributed by atoms with Gasteiger partial charge in [-0.2, -0.15) is 0 Å². The van der Waals surface area contributed by atoms with Gasteiger partial charge in [0.15, 0.2) is 0 Å². The number of anilines is 1. The van der Waals surface area contributed by atoms with E-state index in [0.29, 0.717) is 47.2 Å². The number of ether oxygens (including phenoxy) is 3. The van der Waals surface area contributed by atoms with Crippen LogP contribution in [0.4, 0.5) is 5.00 Å². The summed E-state index contributed by atoms with van der Waals surface area (Å²) in [5, 5.41) is 1.20. The molecule has 176 valence electrons. The molecule has 0 radical (unpaired) electrons. The third-order valence-electron chi connectivity index (χ3n) is 5.38. The SMILES string of the molecule is O=COc1ccnc(-c2cc(OC=O)cc(-c3cc(-c4ccc(N5CCOCC5)s4)ccn3)n2)c1. The molecule has 10 heteroatoms. The Kier molecular flexibility index (Phi) is 6.73. The van der Waals surface area contributed by atoms with Crippen LogP contribution in [0.5, 0.6) is 11.5 Å². The van der Waals surface area contributed by atoms with Crippen LogP contribution in [0.1, 0.15) is 0 Å². The molecule has 1 aliphatic rings. The van der Waals surface area contributed by atoms with E-state index < -0.39 is 0 Å². The van der Waals surface area contributed by atoms with E-state index in [1.54, 1.807) is 41.8 Å². The lowest BCUT2D eigenvalue weighted by Crippen LogP contribution is -2.35. The van der Waals surface area contributed by atoms with Gasteiger partial charge in [0.05, 0.1) is 41.0 Å². The first-order chi connectivity index (χ1) is 17.2. The zero-order valence-corrected chi connectivity index (χ0v) is 19.3. The first kappa shape index (κ1) is 22.6. The molecule has 35 heavy (non-hydrogen) atoms. The van der Waals surface area contributed by atoms with Crippen molar-refractivity contribution < 1.29 is 23.8 Å². The molecule has 1 aliphatic heterocycles. The third-order valence-corrected chi connectivity index (χ3v) is 6.58. The van der Waals surface area contributed by atoms with Crippen molar-refractivity contribution in [3.63, 3.8) is 0 Å². The molecular weight excluding hydrogens is 468 g/mol. The van der Waals surface area contributed by atoms with Crippen molar-refractivity contribution >= 4 is 29.3 Å². The molecular formula is C25H20N4O5S. The van der Waals surface area contributed by atoms with Crippen molar-refractivity contribution in [3.05, 3.63) is 60.9 Å². The number of rotatable bonds is 8. The first-order valence-electron chi connectivity index (χ1n) is 10.8. The predicted molar refractivity (Wildman–Crippen MR) is 130 cm³/mol. The minimum Gasteiger partial charge on any atom is -0.429 e. The zero-order valence-electron chi connectivity index (χ0n) is 18.5. The number of hydrogen-bond acceptors (Lipinski definition) is 10. The molecule has 0 unspecified atom stereocenters. The number of carbonyl (C=O) groups is 2. The van der Waals surface area contributed by atoms with Gasteiger partial charge in [-0.25, -0.2) is 4.98 Å². The Morgan fingerprint density at radius 2 is 1.46 bits per heavy atom. The minimum atomic E-state index is 0.293. The summed E-state index contributed by atoms with van der Waals surface area (Å²) in [4.78, 5) is 38.7. The van der Waals surface area contributed by atoms with Gasteiger partial charge in [0.2, 0.25) is 0 Å². The normalized spacial score (nSPS) is 13.3. The van der Waals surface area contributed by atoms with Gasteiger partial charge in [-0.15, -0.1) is 11.3 Å². The number of aromatic nitrogens is 3. The van der Waals surface area contributed by atoms with Crippen molar-refractivity contribution in [2.45, 2.75) is 0 Å². The van der Waals surface area contributed by atoms with E-state index in [9.17, 15) is 9.59 Å². The van der Waals surface area contributed by atoms with Crippen molar-refractivity contribution in [2.75, 3.05) is 31.2 Å². The van der Waals surface area contributed by atoms with E-state index in [1.807, 2.05) is 12.1 Å². The lowest BCUT2D eigenvalue weighted by Gasteiger charge is -2.27. The van der Waals surface area contributed by atoms with Gasteiger partial charge in [0, 0.05) is 48.6 Å². The van der Waals surface area contributed by atoms with Crippen LogP contribution in [-0.2, 0) is 14.3 Å². The molecule has 0 saturated carbocycles. The number of pyridine rings is 3. The van der Waals surface area contributed by atoms with E-state index in [4.69, 9.17) is 14.2 Å². The van der Waals surface area contributed by atoms with Crippen LogP contribution in [0.25, 0.3) is 33.2 Å². The molecule has 0 atom stereocenters. The summed E-state index contributed by atoms with van der Waals surface area (Å²) in [7, 11) is 0. The average Bonchev–Trinajstić information content (AvgIpc) is 3.40. The Bertz CT molecular complexity index is 1350. The Balaban J connectivity index is 1.49. The van der Waals surface area contributed by atoms with Gasteiger partial charge in [0.1, 0.15) is 11.5 Å². The van der Waals surface area contributed by atoms with Crippen LogP contribution in [0.15, 0.2) is 60.9 Å². The van der Waals surface area contributed by atoms with E-state index in [1.165, 1.54) is 11.2 Å². The van der Waals surface area contributed by atoms with Crippen molar-refractivity contribution in [2.24, 2.45) is 0 Å². The highest BCUT2D eigenvalue weighted by atomic mass is 32.1. The monoisotopic (exact) mass is 488 g/mol. The van der Waals surface area contributed by atoms with Gasteiger partial charge in [0.25, 0.3) is 12.9 Å². The van der Waals surface area contributed by atoms with Gasteiger partial charge in [-0.05, 0) is 35.9 Å². The lowest BCUT2D eigenvalue weighted by molar-refractivity contribution is -0.121. The smallest absolute Gasteiger partial charge is 0.298 e. The Hall–Kier alpha value is -4.15. The number of thiophene rings is 1. The van der Waals surface area contributed by atoms with Crippen LogP contribution in [0, 0.1) is 0 Å². The first-order valence-corrected chi connectivity index (χ1v) is 11.6. The Morgan fingerprint density at radius 3 is 2.20 bits per heavy atom. The maximum absolute atomic E-state index is 11.0. The van der Waals surface area contributed by atoms with Gasteiger partial charge in [-0.3, -0.25) is 19.6 Å². The summed E-state index contributed by atoms with van der Waals surface area (Å²) in [5.41, 5.74) is 3.01. The van der Waals surface area contributed by atoms with E-state index in [-0.39, 0.29) is 0 Å². The molecule has 1 saturated heterocycles. The summed E-state index contributed by atoms with van der Waals surface area (Å²) >= 11 is 1.71. The molecule has 0 spiro atoms. The average molecular weight is 489 g/mol. The highest BCUT2D eigenvalue weighted by molar-refractivity contribution is 7.19. The van der Waals surface area contributed by atoms with Crippen molar-refractivity contribution in [1.29, 1.82) is 0 Å². The van der Waals surface area contributed by atoms with Gasteiger partial charge >= 0.3 is 0 Å². The van der Waals surface area contributed by atoms with Crippen molar-refractivity contribution in [3.8, 4) is 44.7 Å². The molecule has 4 aromatic rings. The van der Waals surface area contributed by atoms with Crippen LogP contribution >= 0.6 is 11.3 Å². The van der Waals surface area contributed by atoms with Crippen LogP contribution < -0.4 is 14.4 Å². The number of morpholine rings is 1. The second kappa shape index (κ2) is 10.4. The standard InChI is InChI=1S/C25H20N4O5S/c30-15-33-18-4-6-27-21(12-18)23-14-19(34-16-31)13-22(28-23)20-11-17(3-5-26-20)24-1-2-25(35-24)29-7-9-32-10-8-29/h1-6,11-16H,7-10H2. The second-order valence-corrected chi connectivity index (χ2v) is 8.61. The quantitative estimate of drug-likeness (QED) is 0.342. The molecule has 0 aliphatic carbocycles. The molecule has 5 heterocycles. The van der Waals surface area contributed by atoms with Crippen molar-refractivity contribution in [1.82, 2.24) is 15.0 Å². The number of hydrogen-bond donors (Lipinski definition) is 0. The van der Waals surface area contributed by atoms with Gasteiger partial charge in [-0.1, -0.05) is 0 Å². The number of nitrogens with zero attached hydrogens (tertiary/aromatic N) is 4. The largest absolute Gasteiger partial charge is 0.429 e. The molecule has 0 amide bonds. The van der Waals surface area contributed by atoms with Crippen LogP contribution in [0.3, 0.4) is 0 Å². The highest BCUT2D eigenvalue weighted by Gasteiger charge is 2.15. The topological polar surface area (TPSA) is 104 Å². The maximum atomic E-state index is 11.0. The van der Waals surface area contributed by atoms with Crippen LogP contribution in [0.2, 0.25) is 0 Å². The van der Waals surface area contributed by atoms with E-state index in [2.05, 4.69) is 32.0 Å². The minimum absolute atomic E-state index is 0.293. The zero-order chi connectivity index (χ0) is 24.0. The second-order valence-electron chi connectivity index (χ2n) is 7.55.